The van der Waals surface area contributed by atoms with Crippen LogP contribution >= 0.6 is 0 Å². The monoisotopic (exact) mass is 420 g/mol. The second-order valence-electron chi connectivity index (χ2n) is 8.92. The molecular formula is C22H33FN4O3. The van der Waals surface area contributed by atoms with Crippen LogP contribution in [0.3, 0.4) is 0 Å². The fourth-order valence-electron chi connectivity index (χ4n) is 4.10. The zero-order valence-electron chi connectivity index (χ0n) is 18.4. The number of urea groups is 1. The van der Waals surface area contributed by atoms with Crippen LogP contribution in [0.2, 0.25) is 0 Å². The van der Waals surface area contributed by atoms with Gasteiger partial charge in [-0.1, -0.05) is 6.07 Å². The zero-order valence-corrected chi connectivity index (χ0v) is 18.4. The molecule has 3 rings (SSSR count). The summed E-state index contributed by atoms with van der Waals surface area (Å²) in [5, 5.41) is 3.05. The molecule has 0 aliphatic carbocycles. The van der Waals surface area contributed by atoms with Crippen molar-refractivity contribution in [3.05, 3.63) is 35.6 Å². The summed E-state index contributed by atoms with van der Waals surface area (Å²) >= 11 is 0. The molecule has 1 N–H and O–H groups in total. The van der Waals surface area contributed by atoms with Crippen LogP contribution in [0, 0.1) is 5.82 Å². The number of hydrogen-bond acceptors (Lipinski definition) is 4. The SMILES string of the molecule is CC1CN(C(C)(C)CNC(=O)N2CCN(C(=O)c3cccc(F)c3)CC2)CC(C)O1. The number of carbonyl (C=O) groups is 2. The maximum Gasteiger partial charge on any atom is 0.317 e. The van der Waals surface area contributed by atoms with Gasteiger partial charge in [0.25, 0.3) is 5.91 Å². The third kappa shape index (κ3) is 5.49. The lowest BCUT2D eigenvalue weighted by Gasteiger charge is -2.45. The van der Waals surface area contributed by atoms with Gasteiger partial charge in [0, 0.05) is 56.9 Å². The molecule has 2 aliphatic heterocycles. The van der Waals surface area contributed by atoms with Crippen molar-refractivity contribution in [2.24, 2.45) is 0 Å². The van der Waals surface area contributed by atoms with Gasteiger partial charge in [-0.3, -0.25) is 9.69 Å². The predicted octanol–water partition coefficient (Wildman–Crippen LogP) is 2.18. The number of rotatable bonds is 4. The van der Waals surface area contributed by atoms with Gasteiger partial charge in [-0.15, -0.1) is 0 Å². The molecule has 0 saturated carbocycles. The number of piperazine rings is 1. The summed E-state index contributed by atoms with van der Waals surface area (Å²) in [7, 11) is 0. The topological polar surface area (TPSA) is 65.1 Å². The fraction of sp³-hybridized carbons (Fsp3) is 0.636. The molecule has 3 amide bonds. The highest BCUT2D eigenvalue weighted by Gasteiger charge is 2.34. The van der Waals surface area contributed by atoms with Crippen LogP contribution in [-0.2, 0) is 4.74 Å². The van der Waals surface area contributed by atoms with E-state index in [-0.39, 0.29) is 29.7 Å². The Hall–Kier alpha value is -2.19. The molecule has 2 fully saturated rings. The van der Waals surface area contributed by atoms with E-state index in [1.807, 2.05) is 0 Å². The van der Waals surface area contributed by atoms with Gasteiger partial charge in [-0.25, -0.2) is 9.18 Å². The van der Waals surface area contributed by atoms with Crippen molar-refractivity contribution in [3.8, 4) is 0 Å². The van der Waals surface area contributed by atoms with Gasteiger partial charge in [0.1, 0.15) is 5.82 Å². The lowest BCUT2D eigenvalue weighted by Crippen LogP contribution is -2.60. The number of ether oxygens (including phenoxy) is 1. The molecular weight excluding hydrogens is 387 g/mol. The van der Waals surface area contributed by atoms with Gasteiger partial charge >= 0.3 is 6.03 Å². The third-order valence-corrected chi connectivity index (χ3v) is 5.87. The maximum atomic E-state index is 13.4. The predicted molar refractivity (Wildman–Crippen MR) is 113 cm³/mol. The third-order valence-electron chi connectivity index (χ3n) is 5.87. The summed E-state index contributed by atoms with van der Waals surface area (Å²) in [5.41, 5.74) is 0.153. The number of amides is 3. The van der Waals surface area contributed by atoms with Gasteiger partial charge in [-0.05, 0) is 45.9 Å². The van der Waals surface area contributed by atoms with Gasteiger partial charge in [0.2, 0.25) is 0 Å². The Morgan fingerprint density at radius 3 is 2.30 bits per heavy atom. The molecule has 2 aliphatic rings. The van der Waals surface area contributed by atoms with E-state index in [9.17, 15) is 14.0 Å². The summed E-state index contributed by atoms with van der Waals surface area (Å²) in [6, 6.07) is 5.59. The summed E-state index contributed by atoms with van der Waals surface area (Å²) in [4.78, 5) is 31.0. The maximum absolute atomic E-state index is 13.4. The molecule has 8 heteroatoms. The molecule has 2 atom stereocenters. The number of nitrogens with one attached hydrogen (secondary N) is 1. The van der Waals surface area contributed by atoms with Crippen molar-refractivity contribution in [2.75, 3.05) is 45.8 Å². The van der Waals surface area contributed by atoms with Crippen molar-refractivity contribution < 1.29 is 18.7 Å². The molecule has 0 aromatic heterocycles. The summed E-state index contributed by atoms with van der Waals surface area (Å²) in [6.07, 6.45) is 0.347. The largest absolute Gasteiger partial charge is 0.373 e. The van der Waals surface area contributed by atoms with Crippen LogP contribution in [0.15, 0.2) is 24.3 Å². The number of carbonyl (C=O) groups excluding carboxylic acids is 2. The summed E-state index contributed by atoms with van der Waals surface area (Å²) in [6.45, 7) is 12.4. The zero-order chi connectivity index (χ0) is 21.9. The van der Waals surface area contributed by atoms with E-state index in [4.69, 9.17) is 4.74 Å². The minimum absolute atomic E-state index is 0.115. The number of morpholine rings is 1. The second kappa shape index (κ2) is 9.31. The van der Waals surface area contributed by atoms with Crippen molar-refractivity contribution in [1.82, 2.24) is 20.0 Å². The highest BCUT2D eigenvalue weighted by Crippen LogP contribution is 2.21. The molecule has 2 heterocycles. The Morgan fingerprint density at radius 1 is 1.10 bits per heavy atom. The molecule has 7 nitrogen and oxygen atoms in total. The van der Waals surface area contributed by atoms with Crippen LogP contribution < -0.4 is 5.32 Å². The number of benzene rings is 1. The minimum Gasteiger partial charge on any atom is -0.373 e. The Kier molecular flexibility index (Phi) is 6.98. The van der Waals surface area contributed by atoms with E-state index >= 15 is 0 Å². The first kappa shape index (κ1) is 22.5. The Balaban J connectivity index is 1.47. The molecule has 2 saturated heterocycles. The van der Waals surface area contributed by atoms with E-state index in [2.05, 4.69) is 37.9 Å². The van der Waals surface area contributed by atoms with Crippen molar-refractivity contribution >= 4 is 11.9 Å². The average Bonchev–Trinajstić information content (AvgIpc) is 2.71. The van der Waals surface area contributed by atoms with Crippen LogP contribution in [0.4, 0.5) is 9.18 Å². The minimum atomic E-state index is -0.425. The molecule has 2 unspecified atom stereocenters. The van der Waals surface area contributed by atoms with Gasteiger partial charge < -0.3 is 19.9 Å². The average molecular weight is 421 g/mol. The molecule has 0 radical (unpaired) electrons. The molecule has 0 spiro atoms. The van der Waals surface area contributed by atoms with E-state index in [1.54, 1.807) is 15.9 Å². The first-order valence-electron chi connectivity index (χ1n) is 10.6. The standard InChI is InChI=1S/C22H33FN4O3/c1-16-13-27(14-17(2)30-16)22(3,4)15-24-21(29)26-10-8-25(9-11-26)20(28)18-6-5-7-19(23)12-18/h5-7,12,16-17H,8-11,13-15H2,1-4H3,(H,24,29). The second-order valence-corrected chi connectivity index (χ2v) is 8.92. The number of halogens is 1. The fourth-order valence-corrected chi connectivity index (χ4v) is 4.10. The van der Waals surface area contributed by atoms with Crippen LogP contribution in [0.5, 0.6) is 0 Å². The highest BCUT2D eigenvalue weighted by molar-refractivity contribution is 5.94. The van der Waals surface area contributed by atoms with E-state index in [1.165, 1.54) is 18.2 Å². The van der Waals surface area contributed by atoms with E-state index in [0.717, 1.165) is 13.1 Å². The summed E-state index contributed by atoms with van der Waals surface area (Å²) in [5.74, 6) is -0.628. The number of nitrogens with zero attached hydrogens (tertiary/aromatic N) is 3. The van der Waals surface area contributed by atoms with Gasteiger partial charge in [0.15, 0.2) is 0 Å². The lowest BCUT2D eigenvalue weighted by molar-refractivity contribution is -0.0948. The van der Waals surface area contributed by atoms with Crippen molar-refractivity contribution in [3.63, 3.8) is 0 Å². The van der Waals surface area contributed by atoms with Crippen LogP contribution in [0.25, 0.3) is 0 Å². The molecule has 30 heavy (non-hydrogen) atoms. The number of hydrogen-bond donors (Lipinski definition) is 1. The molecule has 0 bridgehead atoms. The smallest absolute Gasteiger partial charge is 0.317 e. The van der Waals surface area contributed by atoms with Crippen molar-refractivity contribution in [2.45, 2.75) is 45.4 Å². The molecule has 1 aromatic rings. The first-order chi connectivity index (χ1) is 14.2. The van der Waals surface area contributed by atoms with Crippen molar-refractivity contribution in [1.29, 1.82) is 0 Å². The summed E-state index contributed by atoms with van der Waals surface area (Å²) < 4.78 is 19.2. The van der Waals surface area contributed by atoms with E-state index < -0.39 is 5.82 Å². The van der Waals surface area contributed by atoms with Gasteiger partial charge in [-0.2, -0.15) is 0 Å². The quantitative estimate of drug-likeness (QED) is 0.811. The molecule has 166 valence electrons. The van der Waals surface area contributed by atoms with Crippen LogP contribution in [-0.4, -0.2) is 90.2 Å². The first-order valence-corrected chi connectivity index (χ1v) is 10.6. The Bertz CT molecular complexity index is 755. The Labute approximate surface area is 178 Å². The van der Waals surface area contributed by atoms with E-state index in [0.29, 0.717) is 38.3 Å². The normalized spacial score (nSPS) is 23.4. The highest BCUT2D eigenvalue weighted by atomic mass is 19.1. The van der Waals surface area contributed by atoms with Gasteiger partial charge in [0.05, 0.1) is 12.2 Å². The lowest BCUT2D eigenvalue weighted by atomic mass is 10.00. The van der Waals surface area contributed by atoms with Crippen LogP contribution in [0.1, 0.15) is 38.1 Å². The molecule has 1 aromatic carbocycles. The Morgan fingerprint density at radius 2 is 1.70 bits per heavy atom.